The Labute approximate surface area is 94.8 Å². The monoisotopic (exact) mass is 213 g/mol. The lowest BCUT2D eigenvalue weighted by Crippen LogP contribution is -2.47. The Morgan fingerprint density at radius 3 is 2.47 bits per heavy atom. The first-order chi connectivity index (χ1) is 7.09. The standard InChI is InChI=1S/C12H27N3/c1-11-8-12(10-13-9-11)15(4)7-5-6-14(2)3/h11-13H,5-10H2,1-4H3. The average Bonchev–Trinajstić information content (AvgIpc) is 2.17. The molecule has 0 aromatic heterocycles. The molecule has 0 aromatic rings. The van der Waals surface area contributed by atoms with E-state index in [0.29, 0.717) is 0 Å². The molecule has 1 fully saturated rings. The quantitative estimate of drug-likeness (QED) is 0.731. The van der Waals surface area contributed by atoms with Crippen LogP contribution in [0.4, 0.5) is 0 Å². The van der Waals surface area contributed by atoms with Gasteiger partial charge in [0.1, 0.15) is 0 Å². The minimum Gasteiger partial charge on any atom is -0.315 e. The van der Waals surface area contributed by atoms with Crippen molar-refractivity contribution in [3.05, 3.63) is 0 Å². The first-order valence-corrected chi connectivity index (χ1v) is 6.15. The number of likely N-dealkylation sites (N-methyl/N-ethyl adjacent to an activating group) is 1. The van der Waals surface area contributed by atoms with Gasteiger partial charge in [0.25, 0.3) is 0 Å². The summed E-state index contributed by atoms with van der Waals surface area (Å²) in [5, 5.41) is 3.51. The van der Waals surface area contributed by atoms with Gasteiger partial charge in [0.05, 0.1) is 0 Å². The average molecular weight is 213 g/mol. The molecular formula is C12H27N3. The second-order valence-electron chi connectivity index (χ2n) is 5.29. The van der Waals surface area contributed by atoms with E-state index < -0.39 is 0 Å². The van der Waals surface area contributed by atoms with Crippen molar-refractivity contribution in [2.75, 3.05) is 47.3 Å². The molecule has 3 nitrogen and oxygen atoms in total. The highest BCUT2D eigenvalue weighted by molar-refractivity contribution is 4.79. The largest absolute Gasteiger partial charge is 0.315 e. The zero-order valence-electron chi connectivity index (χ0n) is 10.8. The van der Waals surface area contributed by atoms with E-state index in [0.717, 1.165) is 12.0 Å². The van der Waals surface area contributed by atoms with Crippen molar-refractivity contribution in [2.24, 2.45) is 5.92 Å². The van der Waals surface area contributed by atoms with E-state index >= 15 is 0 Å². The highest BCUT2D eigenvalue weighted by atomic mass is 15.2. The van der Waals surface area contributed by atoms with Gasteiger partial charge in [0, 0.05) is 12.6 Å². The van der Waals surface area contributed by atoms with Crippen molar-refractivity contribution in [3.8, 4) is 0 Å². The molecule has 1 aliphatic rings. The molecule has 0 saturated carbocycles. The summed E-state index contributed by atoms with van der Waals surface area (Å²) in [4.78, 5) is 4.78. The van der Waals surface area contributed by atoms with Crippen LogP contribution in [0, 0.1) is 5.92 Å². The van der Waals surface area contributed by atoms with Crippen molar-refractivity contribution in [3.63, 3.8) is 0 Å². The minimum atomic E-state index is 0.746. The third-order valence-corrected chi connectivity index (χ3v) is 3.29. The molecule has 0 aliphatic carbocycles. The zero-order chi connectivity index (χ0) is 11.3. The number of nitrogens with zero attached hydrogens (tertiary/aromatic N) is 2. The van der Waals surface area contributed by atoms with Crippen LogP contribution in [-0.4, -0.2) is 63.2 Å². The number of hydrogen-bond acceptors (Lipinski definition) is 3. The molecule has 2 atom stereocenters. The molecular weight excluding hydrogens is 186 g/mol. The second kappa shape index (κ2) is 6.46. The Morgan fingerprint density at radius 2 is 1.87 bits per heavy atom. The Kier molecular flexibility index (Phi) is 5.58. The van der Waals surface area contributed by atoms with E-state index in [1.807, 2.05) is 0 Å². The van der Waals surface area contributed by atoms with E-state index in [-0.39, 0.29) is 0 Å². The maximum absolute atomic E-state index is 3.51. The predicted octanol–water partition coefficient (Wildman–Crippen LogP) is 0.868. The van der Waals surface area contributed by atoms with Crippen molar-refractivity contribution in [2.45, 2.75) is 25.8 Å². The van der Waals surface area contributed by atoms with Crippen LogP contribution >= 0.6 is 0 Å². The van der Waals surface area contributed by atoms with Crippen LogP contribution in [0.5, 0.6) is 0 Å². The van der Waals surface area contributed by atoms with Gasteiger partial charge >= 0.3 is 0 Å². The Morgan fingerprint density at radius 1 is 1.13 bits per heavy atom. The molecule has 2 unspecified atom stereocenters. The van der Waals surface area contributed by atoms with Crippen molar-refractivity contribution < 1.29 is 0 Å². The van der Waals surface area contributed by atoms with Gasteiger partial charge in [-0.05, 0) is 59.5 Å². The number of piperidine rings is 1. The lowest BCUT2D eigenvalue weighted by atomic mass is 9.97. The summed E-state index contributed by atoms with van der Waals surface area (Å²) in [6, 6.07) is 0.746. The molecule has 0 radical (unpaired) electrons. The Bertz CT molecular complexity index is 170. The summed E-state index contributed by atoms with van der Waals surface area (Å²) < 4.78 is 0. The van der Waals surface area contributed by atoms with E-state index in [1.54, 1.807) is 0 Å². The van der Waals surface area contributed by atoms with Crippen LogP contribution < -0.4 is 5.32 Å². The van der Waals surface area contributed by atoms with Gasteiger partial charge in [-0.2, -0.15) is 0 Å². The smallest absolute Gasteiger partial charge is 0.0220 e. The highest BCUT2D eigenvalue weighted by Gasteiger charge is 2.21. The third kappa shape index (κ3) is 4.96. The van der Waals surface area contributed by atoms with E-state index in [1.165, 1.54) is 39.0 Å². The summed E-state index contributed by atoms with van der Waals surface area (Å²) in [6.45, 7) is 7.12. The highest BCUT2D eigenvalue weighted by Crippen LogP contribution is 2.14. The van der Waals surface area contributed by atoms with Crippen LogP contribution in [0.25, 0.3) is 0 Å². The number of hydrogen-bond donors (Lipinski definition) is 1. The molecule has 0 bridgehead atoms. The van der Waals surface area contributed by atoms with Gasteiger partial charge in [-0.3, -0.25) is 0 Å². The van der Waals surface area contributed by atoms with Crippen molar-refractivity contribution in [1.82, 2.24) is 15.1 Å². The third-order valence-electron chi connectivity index (χ3n) is 3.29. The summed E-state index contributed by atoms with van der Waals surface area (Å²) in [5.74, 6) is 0.833. The molecule has 90 valence electrons. The number of rotatable bonds is 5. The summed E-state index contributed by atoms with van der Waals surface area (Å²) in [6.07, 6.45) is 2.62. The van der Waals surface area contributed by atoms with Crippen LogP contribution in [0.1, 0.15) is 19.8 Å². The van der Waals surface area contributed by atoms with Crippen molar-refractivity contribution in [1.29, 1.82) is 0 Å². The fourth-order valence-corrected chi connectivity index (χ4v) is 2.28. The first-order valence-electron chi connectivity index (χ1n) is 6.15. The lowest BCUT2D eigenvalue weighted by Gasteiger charge is -2.34. The first kappa shape index (κ1) is 12.9. The maximum atomic E-state index is 3.51. The van der Waals surface area contributed by atoms with Gasteiger partial charge in [0.15, 0.2) is 0 Å². The van der Waals surface area contributed by atoms with Crippen LogP contribution in [-0.2, 0) is 0 Å². The predicted molar refractivity (Wildman–Crippen MR) is 66.2 cm³/mol. The van der Waals surface area contributed by atoms with Gasteiger partial charge < -0.3 is 15.1 Å². The van der Waals surface area contributed by atoms with Crippen LogP contribution in [0.2, 0.25) is 0 Å². The van der Waals surface area contributed by atoms with Gasteiger partial charge in [-0.25, -0.2) is 0 Å². The summed E-state index contributed by atoms with van der Waals surface area (Å²) >= 11 is 0. The maximum Gasteiger partial charge on any atom is 0.0220 e. The molecule has 15 heavy (non-hydrogen) atoms. The second-order valence-corrected chi connectivity index (χ2v) is 5.29. The summed E-state index contributed by atoms with van der Waals surface area (Å²) in [5.41, 5.74) is 0. The molecule has 1 rings (SSSR count). The molecule has 3 heteroatoms. The van der Waals surface area contributed by atoms with Gasteiger partial charge in [-0.15, -0.1) is 0 Å². The molecule has 1 saturated heterocycles. The molecule has 0 amide bonds. The SMILES string of the molecule is CC1CNCC(N(C)CCCN(C)C)C1. The zero-order valence-corrected chi connectivity index (χ0v) is 10.8. The number of nitrogens with one attached hydrogen (secondary N) is 1. The Balaban J connectivity index is 2.17. The Hall–Kier alpha value is -0.120. The van der Waals surface area contributed by atoms with E-state index in [9.17, 15) is 0 Å². The van der Waals surface area contributed by atoms with Gasteiger partial charge in [0.2, 0.25) is 0 Å². The normalized spacial score (nSPS) is 27.6. The van der Waals surface area contributed by atoms with Gasteiger partial charge in [-0.1, -0.05) is 6.92 Å². The van der Waals surface area contributed by atoms with Crippen molar-refractivity contribution >= 4 is 0 Å². The topological polar surface area (TPSA) is 18.5 Å². The van der Waals surface area contributed by atoms with E-state index in [2.05, 4.69) is 43.2 Å². The lowest BCUT2D eigenvalue weighted by molar-refractivity contribution is 0.171. The fraction of sp³-hybridized carbons (Fsp3) is 1.00. The minimum absolute atomic E-state index is 0.746. The fourth-order valence-electron chi connectivity index (χ4n) is 2.28. The van der Waals surface area contributed by atoms with Crippen LogP contribution in [0.3, 0.4) is 0 Å². The van der Waals surface area contributed by atoms with Crippen LogP contribution in [0.15, 0.2) is 0 Å². The summed E-state index contributed by atoms with van der Waals surface area (Å²) in [7, 11) is 6.55. The van der Waals surface area contributed by atoms with E-state index in [4.69, 9.17) is 0 Å². The molecule has 1 aliphatic heterocycles. The molecule has 1 N–H and O–H groups in total. The molecule has 0 aromatic carbocycles. The molecule has 0 spiro atoms. The molecule has 1 heterocycles.